The van der Waals surface area contributed by atoms with Crippen LogP contribution >= 0.6 is 0 Å². The van der Waals surface area contributed by atoms with Crippen molar-refractivity contribution in [2.24, 2.45) is 5.92 Å². The fraction of sp³-hybridized carbons (Fsp3) is 0.585. The van der Waals surface area contributed by atoms with Crippen molar-refractivity contribution in [3.05, 3.63) is 82.9 Å². The van der Waals surface area contributed by atoms with Crippen LogP contribution in [-0.4, -0.2) is 57.8 Å². The molecule has 49 heavy (non-hydrogen) atoms. The molecule has 6 rings (SSSR count). The standard InChI is InChI=1S/C41H56N4O4/c1-29(44-24-11-12-25-44)38(31-16-9-6-10-17-31)48-39(46)34(18-13-23-42-40(47)49-41(2,3)4)27-35-37-22-20-33-26-32(30-14-7-5-8-15-30)19-21-36(33)45(37)28-43-35/h6,9-10,16-17,19,21,26,28-30,34,38H,5,7-8,11-15,18,20,22-25,27H2,1-4H3,(H,42,47)/t29-,34-,38-/m0/s1. The smallest absolute Gasteiger partial charge is 0.407 e. The number of hydrogen-bond acceptors (Lipinski definition) is 6. The topological polar surface area (TPSA) is 85.7 Å². The number of alkyl carbamates (subject to hydrolysis) is 1. The monoisotopic (exact) mass is 668 g/mol. The summed E-state index contributed by atoms with van der Waals surface area (Å²) in [7, 11) is 0. The number of rotatable bonds is 12. The van der Waals surface area contributed by atoms with E-state index in [9.17, 15) is 9.59 Å². The summed E-state index contributed by atoms with van der Waals surface area (Å²) in [4.78, 5) is 33.9. The van der Waals surface area contributed by atoms with E-state index in [0.717, 1.165) is 37.2 Å². The van der Waals surface area contributed by atoms with Gasteiger partial charge in [-0.1, -0.05) is 61.7 Å². The molecule has 3 aliphatic rings. The predicted octanol–water partition coefficient (Wildman–Crippen LogP) is 8.25. The van der Waals surface area contributed by atoms with E-state index in [4.69, 9.17) is 14.5 Å². The zero-order chi connectivity index (χ0) is 34.4. The lowest BCUT2D eigenvalue weighted by Gasteiger charge is -2.32. The summed E-state index contributed by atoms with van der Waals surface area (Å²) in [6.07, 6.45) is 13.7. The number of benzene rings is 2. The first-order valence-corrected chi connectivity index (χ1v) is 18.8. The van der Waals surface area contributed by atoms with Crippen LogP contribution in [0.1, 0.15) is 126 Å². The number of esters is 1. The first-order chi connectivity index (χ1) is 23.7. The molecule has 1 saturated heterocycles. The van der Waals surface area contributed by atoms with E-state index in [-0.39, 0.29) is 18.1 Å². The van der Waals surface area contributed by atoms with Gasteiger partial charge in [-0.2, -0.15) is 0 Å². The number of nitrogens with one attached hydrogen (secondary N) is 1. The number of aromatic nitrogens is 2. The maximum atomic E-state index is 14.3. The van der Waals surface area contributed by atoms with Crippen molar-refractivity contribution >= 4 is 12.1 Å². The van der Waals surface area contributed by atoms with Crippen molar-refractivity contribution in [2.45, 2.75) is 128 Å². The van der Waals surface area contributed by atoms with Crippen molar-refractivity contribution in [1.29, 1.82) is 0 Å². The third-order valence-electron chi connectivity index (χ3n) is 10.7. The number of likely N-dealkylation sites (tertiary alicyclic amines) is 1. The van der Waals surface area contributed by atoms with Gasteiger partial charge >= 0.3 is 12.1 Å². The van der Waals surface area contributed by atoms with Crippen molar-refractivity contribution in [3.63, 3.8) is 0 Å². The third-order valence-corrected chi connectivity index (χ3v) is 10.7. The Bertz CT molecular complexity index is 1550. The molecule has 0 radical (unpaired) electrons. The molecule has 8 heteroatoms. The number of carbonyl (C=O) groups is 2. The number of nitrogens with zero attached hydrogens (tertiary/aromatic N) is 3. The Hall–Kier alpha value is -3.65. The molecule has 0 bridgehead atoms. The molecule has 2 aliphatic heterocycles. The second-order valence-electron chi connectivity index (χ2n) is 15.5. The summed E-state index contributed by atoms with van der Waals surface area (Å²) in [5.74, 6) is 0.0858. The quantitative estimate of drug-likeness (QED) is 0.155. The van der Waals surface area contributed by atoms with Gasteiger partial charge in [-0.15, -0.1) is 0 Å². The highest BCUT2D eigenvalue weighted by molar-refractivity contribution is 5.73. The van der Waals surface area contributed by atoms with Gasteiger partial charge < -0.3 is 19.4 Å². The first kappa shape index (κ1) is 35.2. The Kier molecular flexibility index (Phi) is 11.4. The van der Waals surface area contributed by atoms with E-state index in [1.54, 1.807) is 0 Å². The fourth-order valence-electron chi connectivity index (χ4n) is 8.08. The van der Waals surface area contributed by atoms with Gasteiger partial charge in [-0.3, -0.25) is 9.69 Å². The maximum absolute atomic E-state index is 14.3. The predicted molar refractivity (Wildman–Crippen MR) is 193 cm³/mol. The number of amides is 1. The van der Waals surface area contributed by atoms with Crippen LogP contribution in [0.4, 0.5) is 4.79 Å². The summed E-state index contributed by atoms with van der Waals surface area (Å²) >= 11 is 0. The molecule has 8 nitrogen and oxygen atoms in total. The van der Waals surface area contributed by atoms with Gasteiger partial charge in [0.25, 0.3) is 0 Å². The summed E-state index contributed by atoms with van der Waals surface area (Å²) < 4.78 is 14.2. The van der Waals surface area contributed by atoms with E-state index >= 15 is 0 Å². The van der Waals surface area contributed by atoms with Crippen LogP contribution in [0, 0.1) is 5.92 Å². The lowest BCUT2D eigenvalue weighted by atomic mass is 9.83. The summed E-state index contributed by atoms with van der Waals surface area (Å²) in [5.41, 5.74) is 6.70. The summed E-state index contributed by atoms with van der Waals surface area (Å²) in [6.45, 7) is 10.2. The van der Waals surface area contributed by atoms with E-state index in [2.05, 4.69) is 52.0 Å². The number of ether oxygens (including phenoxy) is 2. The van der Waals surface area contributed by atoms with Crippen LogP contribution in [0.2, 0.25) is 0 Å². The Balaban J connectivity index is 1.20. The van der Waals surface area contributed by atoms with Crippen LogP contribution in [0.5, 0.6) is 0 Å². The second kappa shape index (κ2) is 15.9. The van der Waals surface area contributed by atoms with Crippen LogP contribution in [0.3, 0.4) is 0 Å². The number of imidazole rings is 1. The van der Waals surface area contributed by atoms with Crippen LogP contribution < -0.4 is 5.32 Å². The molecule has 1 aliphatic carbocycles. The number of carbonyl (C=O) groups excluding carboxylic acids is 2. The molecular weight excluding hydrogens is 612 g/mol. The van der Waals surface area contributed by atoms with Gasteiger partial charge in [0.1, 0.15) is 11.7 Å². The van der Waals surface area contributed by atoms with Crippen LogP contribution in [0.25, 0.3) is 5.69 Å². The van der Waals surface area contributed by atoms with Gasteiger partial charge in [0.15, 0.2) is 0 Å². The normalized spacial score (nSPS) is 18.6. The summed E-state index contributed by atoms with van der Waals surface area (Å²) in [5, 5.41) is 2.86. The Labute approximate surface area is 293 Å². The van der Waals surface area contributed by atoms with Crippen LogP contribution in [0.15, 0.2) is 54.9 Å². The molecule has 1 aromatic heterocycles. The Morgan fingerprint density at radius 1 is 0.980 bits per heavy atom. The highest BCUT2D eigenvalue weighted by Crippen LogP contribution is 2.36. The molecule has 0 unspecified atom stereocenters. The molecule has 1 amide bonds. The summed E-state index contributed by atoms with van der Waals surface area (Å²) in [6, 6.07) is 17.3. The molecule has 3 aromatic rings. The lowest BCUT2D eigenvalue weighted by molar-refractivity contribution is -0.158. The SMILES string of the molecule is C[C@@H]([C@H](OC(=O)[C@@H](CCCNC(=O)OC(C)(C)C)Cc1ncn2c1CCc1cc(C3CCCCC3)ccc1-2)c1ccccc1)N1CCCC1. The van der Waals surface area contributed by atoms with Crippen molar-refractivity contribution in [2.75, 3.05) is 19.6 Å². The largest absolute Gasteiger partial charge is 0.456 e. The number of fused-ring (bicyclic) bond motifs is 3. The molecule has 1 N–H and O–H groups in total. The Morgan fingerprint density at radius 2 is 1.73 bits per heavy atom. The van der Waals surface area contributed by atoms with Crippen molar-refractivity contribution in [3.8, 4) is 5.69 Å². The average Bonchev–Trinajstić information content (AvgIpc) is 3.79. The molecular formula is C41H56N4O4. The fourth-order valence-corrected chi connectivity index (χ4v) is 8.08. The number of aryl methyl sites for hydroxylation is 1. The van der Waals surface area contributed by atoms with Crippen molar-refractivity contribution in [1.82, 2.24) is 19.8 Å². The van der Waals surface area contributed by atoms with E-state index in [1.165, 1.54) is 67.5 Å². The highest BCUT2D eigenvalue weighted by atomic mass is 16.6. The second-order valence-corrected chi connectivity index (χ2v) is 15.5. The molecule has 3 atom stereocenters. The van der Waals surface area contributed by atoms with E-state index in [0.29, 0.717) is 31.7 Å². The van der Waals surface area contributed by atoms with Gasteiger partial charge in [-0.05, 0) is 121 Å². The van der Waals surface area contributed by atoms with Crippen LogP contribution in [-0.2, 0) is 33.5 Å². The maximum Gasteiger partial charge on any atom is 0.407 e. The van der Waals surface area contributed by atoms with E-state index in [1.807, 2.05) is 45.3 Å². The minimum atomic E-state index is -0.564. The zero-order valence-corrected chi connectivity index (χ0v) is 30.1. The molecule has 264 valence electrons. The van der Waals surface area contributed by atoms with Gasteiger partial charge in [0, 0.05) is 30.4 Å². The molecule has 1 saturated carbocycles. The van der Waals surface area contributed by atoms with E-state index < -0.39 is 17.6 Å². The molecule has 2 fully saturated rings. The van der Waals surface area contributed by atoms with Gasteiger partial charge in [0.05, 0.1) is 17.9 Å². The highest BCUT2D eigenvalue weighted by Gasteiger charge is 2.33. The Morgan fingerprint density at radius 3 is 2.47 bits per heavy atom. The first-order valence-electron chi connectivity index (χ1n) is 18.8. The molecule has 2 aromatic carbocycles. The molecule has 0 spiro atoms. The number of hydrogen-bond donors (Lipinski definition) is 1. The minimum absolute atomic E-state index is 0.0682. The average molecular weight is 669 g/mol. The van der Waals surface area contributed by atoms with Crippen molar-refractivity contribution < 1.29 is 19.1 Å². The molecule has 3 heterocycles. The zero-order valence-electron chi connectivity index (χ0n) is 30.1. The lowest BCUT2D eigenvalue weighted by Crippen LogP contribution is -2.38. The van der Waals surface area contributed by atoms with Gasteiger partial charge in [0.2, 0.25) is 0 Å². The minimum Gasteiger partial charge on any atom is -0.456 e. The third kappa shape index (κ3) is 8.94. The van der Waals surface area contributed by atoms with Gasteiger partial charge in [-0.25, -0.2) is 9.78 Å².